The molecule has 0 saturated heterocycles. The van der Waals surface area contributed by atoms with Crippen LogP contribution in [0.5, 0.6) is 0 Å². The van der Waals surface area contributed by atoms with Crippen LogP contribution in [0, 0.1) is 6.92 Å². The number of pyridine rings is 1. The Morgan fingerprint density at radius 3 is 2.89 bits per heavy atom. The van der Waals surface area contributed by atoms with Crippen LogP contribution in [0.15, 0.2) is 24.4 Å². The number of hydrogen-bond acceptors (Lipinski definition) is 5. The van der Waals surface area contributed by atoms with E-state index in [-0.39, 0.29) is 30.4 Å². The third kappa shape index (κ3) is 5.09. The fourth-order valence-electron chi connectivity index (χ4n) is 3.28. The Kier molecular flexibility index (Phi) is 6.28. The Bertz CT molecular complexity index is 818. The first-order valence-corrected chi connectivity index (χ1v) is 9.63. The molecule has 0 radical (unpaired) electrons. The lowest BCUT2D eigenvalue weighted by Crippen LogP contribution is -2.30. The van der Waals surface area contributed by atoms with E-state index in [1.165, 1.54) is 0 Å². The summed E-state index contributed by atoms with van der Waals surface area (Å²) in [6, 6.07) is 5.64. The molecule has 1 saturated carbocycles. The van der Waals surface area contributed by atoms with E-state index < -0.39 is 0 Å². The minimum Gasteiger partial charge on any atom is -0.446 e. The van der Waals surface area contributed by atoms with E-state index in [4.69, 9.17) is 4.74 Å². The van der Waals surface area contributed by atoms with Crippen LogP contribution in [0.25, 0.3) is 0 Å². The Morgan fingerprint density at radius 2 is 2.18 bits per heavy atom. The molecular formula is C20H27N5O3. The largest absolute Gasteiger partial charge is 0.446 e. The highest BCUT2D eigenvalue weighted by atomic mass is 16.6. The molecule has 2 aromatic rings. The summed E-state index contributed by atoms with van der Waals surface area (Å²) in [5.41, 5.74) is 2.73. The molecule has 1 fully saturated rings. The standard InChI is InChI=1S/C20H27N5O3/c1-4-25(3)20(27)28-16-8-7-15(10-16)17-11-18(24-23-17)22-19(26)9-14-6-5-13(2)21-12-14/h5-6,11-12,15-16H,4,7-10H2,1-3H3,(H2,22,23,24,26). The maximum atomic E-state index is 12.2. The fraction of sp³-hybridized carbons (Fsp3) is 0.500. The average Bonchev–Trinajstić information content (AvgIpc) is 3.32. The van der Waals surface area contributed by atoms with Crippen LogP contribution >= 0.6 is 0 Å². The fourth-order valence-corrected chi connectivity index (χ4v) is 3.28. The van der Waals surface area contributed by atoms with Gasteiger partial charge in [-0.1, -0.05) is 6.07 Å². The second-order valence-electron chi connectivity index (χ2n) is 7.27. The number of nitrogens with one attached hydrogen (secondary N) is 2. The van der Waals surface area contributed by atoms with E-state index in [1.54, 1.807) is 18.1 Å². The summed E-state index contributed by atoms with van der Waals surface area (Å²) < 4.78 is 5.54. The van der Waals surface area contributed by atoms with Gasteiger partial charge in [0.15, 0.2) is 5.82 Å². The number of anilines is 1. The summed E-state index contributed by atoms with van der Waals surface area (Å²) in [5, 5.41) is 10.0. The van der Waals surface area contributed by atoms with Gasteiger partial charge in [-0.15, -0.1) is 0 Å². The van der Waals surface area contributed by atoms with Gasteiger partial charge in [-0.05, 0) is 44.7 Å². The number of aryl methyl sites for hydroxylation is 1. The lowest BCUT2D eigenvalue weighted by molar-refractivity contribution is -0.115. The zero-order valence-corrected chi connectivity index (χ0v) is 16.6. The molecule has 8 nitrogen and oxygen atoms in total. The van der Waals surface area contributed by atoms with Crippen LogP contribution in [0.2, 0.25) is 0 Å². The monoisotopic (exact) mass is 385 g/mol. The van der Waals surface area contributed by atoms with Crippen molar-refractivity contribution < 1.29 is 14.3 Å². The average molecular weight is 385 g/mol. The molecule has 0 bridgehead atoms. The van der Waals surface area contributed by atoms with Crippen molar-refractivity contribution in [1.82, 2.24) is 20.1 Å². The Morgan fingerprint density at radius 1 is 1.36 bits per heavy atom. The molecule has 1 aliphatic carbocycles. The summed E-state index contributed by atoms with van der Waals surface area (Å²) in [4.78, 5) is 29.9. The molecule has 3 rings (SSSR count). The zero-order chi connectivity index (χ0) is 20.1. The van der Waals surface area contributed by atoms with Gasteiger partial charge in [0.25, 0.3) is 0 Å². The molecule has 2 N–H and O–H groups in total. The van der Waals surface area contributed by atoms with Crippen molar-refractivity contribution in [2.24, 2.45) is 0 Å². The summed E-state index contributed by atoms with van der Waals surface area (Å²) in [7, 11) is 1.73. The normalized spacial score (nSPS) is 18.7. The van der Waals surface area contributed by atoms with Crippen LogP contribution < -0.4 is 5.32 Å². The predicted octanol–water partition coefficient (Wildman–Crippen LogP) is 3.02. The first-order chi connectivity index (χ1) is 13.4. The highest BCUT2D eigenvalue weighted by Crippen LogP contribution is 2.36. The van der Waals surface area contributed by atoms with Crippen molar-refractivity contribution >= 4 is 17.8 Å². The van der Waals surface area contributed by atoms with Gasteiger partial charge < -0.3 is 15.0 Å². The first-order valence-electron chi connectivity index (χ1n) is 9.63. The number of amides is 2. The highest BCUT2D eigenvalue weighted by Gasteiger charge is 2.30. The minimum atomic E-state index is -0.281. The van der Waals surface area contributed by atoms with Crippen molar-refractivity contribution in [3.05, 3.63) is 41.3 Å². The van der Waals surface area contributed by atoms with Gasteiger partial charge in [0.05, 0.1) is 6.42 Å². The number of aromatic nitrogens is 3. The Hall–Kier alpha value is -2.90. The topological polar surface area (TPSA) is 100 Å². The van der Waals surface area contributed by atoms with E-state index in [0.717, 1.165) is 36.2 Å². The second-order valence-corrected chi connectivity index (χ2v) is 7.27. The maximum Gasteiger partial charge on any atom is 0.409 e. The van der Waals surface area contributed by atoms with Gasteiger partial charge in [-0.25, -0.2) is 4.79 Å². The van der Waals surface area contributed by atoms with Gasteiger partial charge in [0, 0.05) is 43.2 Å². The van der Waals surface area contributed by atoms with Crippen molar-refractivity contribution in [2.75, 3.05) is 18.9 Å². The SMILES string of the molecule is CCN(C)C(=O)OC1CCC(c2cc(NC(=O)Cc3ccc(C)nc3)n[nH]2)C1. The molecule has 0 aromatic carbocycles. The summed E-state index contributed by atoms with van der Waals surface area (Å²) in [6.07, 6.45) is 4.10. The molecule has 2 heterocycles. The molecule has 2 amide bonds. The molecule has 0 aliphatic heterocycles. The number of H-pyrrole nitrogens is 1. The van der Waals surface area contributed by atoms with Crippen molar-refractivity contribution in [1.29, 1.82) is 0 Å². The molecular weight excluding hydrogens is 358 g/mol. The summed E-state index contributed by atoms with van der Waals surface area (Å²) >= 11 is 0. The van der Waals surface area contributed by atoms with Crippen molar-refractivity contribution in [3.63, 3.8) is 0 Å². The van der Waals surface area contributed by atoms with E-state index in [1.807, 2.05) is 32.0 Å². The van der Waals surface area contributed by atoms with Gasteiger partial charge in [-0.3, -0.25) is 14.9 Å². The number of aromatic amines is 1. The van der Waals surface area contributed by atoms with Gasteiger partial charge in [-0.2, -0.15) is 5.10 Å². The van der Waals surface area contributed by atoms with E-state index >= 15 is 0 Å². The molecule has 2 unspecified atom stereocenters. The second kappa shape index (κ2) is 8.86. The number of nitrogens with zero attached hydrogens (tertiary/aromatic N) is 3. The third-order valence-corrected chi connectivity index (χ3v) is 5.08. The predicted molar refractivity (Wildman–Crippen MR) is 105 cm³/mol. The summed E-state index contributed by atoms with van der Waals surface area (Å²) in [6.45, 7) is 4.44. The van der Waals surface area contributed by atoms with Gasteiger partial charge >= 0.3 is 6.09 Å². The van der Waals surface area contributed by atoms with Crippen LogP contribution in [-0.2, 0) is 16.0 Å². The number of hydrogen-bond donors (Lipinski definition) is 2. The molecule has 2 aromatic heterocycles. The maximum absolute atomic E-state index is 12.2. The van der Waals surface area contributed by atoms with Crippen LogP contribution in [0.1, 0.15) is 49.1 Å². The molecule has 1 aliphatic rings. The molecule has 0 spiro atoms. The van der Waals surface area contributed by atoms with Crippen LogP contribution in [-0.4, -0.2) is 51.8 Å². The molecule has 28 heavy (non-hydrogen) atoms. The number of rotatable bonds is 6. The lowest BCUT2D eigenvalue weighted by atomic mass is 10.0. The van der Waals surface area contributed by atoms with E-state index in [9.17, 15) is 9.59 Å². The zero-order valence-electron chi connectivity index (χ0n) is 16.6. The minimum absolute atomic E-state index is 0.0816. The lowest BCUT2D eigenvalue weighted by Gasteiger charge is -2.18. The number of ether oxygens (including phenoxy) is 1. The van der Waals surface area contributed by atoms with E-state index in [2.05, 4.69) is 20.5 Å². The van der Waals surface area contributed by atoms with Crippen LogP contribution in [0.3, 0.4) is 0 Å². The highest BCUT2D eigenvalue weighted by molar-refractivity contribution is 5.91. The summed E-state index contributed by atoms with van der Waals surface area (Å²) in [5.74, 6) is 0.611. The van der Waals surface area contributed by atoms with Gasteiger partial charge in [0.2, 0.25) is 5.91 Å². The quantitative estimate of drug-likeness (QED) is 0.796. The van der Waals surface area contributed by atoms with Crippen LogP contribution in [0.4, 0.5) is 10.6 Å². The molecule has 8 heteroatoms. The Labute approximate surface area is 164 Å². The van der Waals surface area contributed by atoms with Crippen molar-refractivity contribution in [3.8, 4) is 0 Å². The molecule has 2 atom stereocenters. The first kappa shape index (κ1) is 19.9. The van der Waals surface area contributed by atoms with E-state index in [0.29, 0.717) is 12.4 Å². The third-order valence-electron chi connectivity index (χ3n) is 5.08. The molecule has 150 valence electrons. The van der Waals surface area contributed by atoms with Gasteiger partial charge in [0.1, 0.15) is 6.10 Å². The number of carbonyl (C=O) groups is 2. The van der Waals surface area contributed by atoms with Crippen molar-refractivity contribution in [2.45, 2.75) is 51.6 Å². The number of carbonyl (C=O) groups excluding carboxylic acids is 2. The smallest absolute Gasteiger partial charge is 0.409 e. The Balaban J connectivity index is 1.50.